The van der Waals surface area contributed by atoms with Crippen LogP contribution < -0.4 is 5.73 Å². The topological polar surface area (TPSA) is 72.6 Å². The van der Waals surface area contributed by atoms with Crippen molar-refractivity contribution in [3.8, 4) is 0 Å². The van der Waals surface area contributed by atoms with Gasteiger partial charge in [-0.2, -0.15) is 0 Å². The molecule has 110 valence electrons. The first kappa shape index (κ1) is 16.0. The van der Waals surface area contributed by atoms with Gasteiger partial charge in [-0.05, 0) is 31.6 Å². The van der Waals surface area contributed by atoms with Gasteiger partial charge < -0.3 is 15.4 Å². The zero-order valence-electron chi connectivity index (χ0n) is 12.2. The Labute approximate surface area is 115 Å². The number of amides is 1. The van der Waals surface area contributed by atoms with Crippen molar-refractivity contribution in [2.45, 2.75) is 58.0 Å². The molecule has 0 aliphatic carbocycles. The fourth-order valence-corrected chi connectivity index (χ4v) is 2.60. The lowest BCUT2D eigenvalue weighted by Gasteiger charge is -2.37. The average molecular weight is 270 g/mol. The third-order valence-corrected chi connectivity index (χ3v) is 3.58. The van der Waals surface area contributed by atoms with E-state index in [1.165, 1.54) is 7.11 Å². The molecule has 0 aromatic heterocycles. The van der Waals surface area contributed by atoms with Crippen LogP contribution >= 0.6 is 0 Å². The number of carbonyl (C=O) groups excluding carboxylic acids is 2. The summed E-state index contributed by atoms with van der Waals surface area (Å²) >= 11 is 0. The minimum absolute atomic E-state index is 0.0256. The Hall–Kier alpha value is -1.10. The van der Waals surface area contributed by atoms with Crippen molar-refractivity contribution in [1.82, 2.24) is 4.90 Å². The van der Waals surface area contributed by atoms with Gasteiger partial charge in [-0.25, -0.2) is 0 Å². The maximum atomic E-state index is 12.4. The highest BCUT2D eigenvalue weighted by atomic mass is 16.5. The number of rotatable bonds is 5. The summed E-state index contributed by atoms with van der Waals surface area (Å²) < 4.78 is 4.70. The van der Waals surface area contributed by atoms with Crippen LogP contribution in [0.25, 0.3) is 0 Å². The van der Waals surface area contributed by atoms with Crippen molar-refractivity contribution < 1.29 is 14.3 Å². The number of methoxy groups -OCH3 is 1. The molecule has 1 saturated heterocycles. The molecule has 5 heteroatoms. The van der Waals surface area contributed by atoms with Crippen LogP contribution in [0.4, 0.5) is 0 Å². The van der Waals surface area contributed by atoms with Gasteiger partial charge in [0.2, 0.25) is 5.91 Å². The van der Waals surface area contributed by atoms with E-state index in [2.05, 4.69) is 13.8 Å². The predicted molar refractivity (Wildman–Crippen MR) is 73.4 cm³/mol. The summed E-state index contributed by atoms with van der Waals surface area (Å²) in [5, 5.41) is 0. The van der Waals surface area contributed by atoms with E-state index in [1.54, 1.807) is 4.90 Å². The molecule has 0 radical (unpaired) electrons. The normalized spacial score (nSPS) is 21.3. The molecule has 0 saturated carbocycles. The number of piperidine rings is 1. The van der Waals surface area contributed by atoms with Gasteiger partial charge >= 0.3 is 5.97 Å². The Morgan fingerprint density at radius 3 is 2.63 bits per heavy atom. The van der Waals surface area contributed by atoms with Crippen molar-refractivity contribution in [3.63, 3.8) is 0 Å². The number of carbonyl (C=O) groups is 2. The molecule has 1 amide bonds. The van der Waals surface area contributed by atoms with Crippen LogP contribution in [-0.4, -0.2) is 42.5 Å². The van der Waals surface area contributed by atoms with E-state index < -0.39 is 6.04 Å². The zero-order valence-corrected chi connectivity index (χ0v) is 12.2. The molecule has 0 aromatic carbocycles. The van der Waals surface area contributed by atoms with Crippen molar-refractivity contribution in [1.29, 1.82) is 0 Å². The standard InChI is InChI=1S/C14H26N2O3/c1-10(2)8-12(15)14(18)16-7-5-4-6-11(16)9-13(17)19-3/h10-12H,4-9,15H2,1-3H3/t11?,12-/m0/s1. The summed E-state index contributed by atoms with van der Waals surface area (Å²) in [5.41, 5.74) is 5.97. The Morgan fingerprint density at radius 2 is 2.05 bits per heavy atom. The molecule has 2 atom stereocenters. The van der Waals surface area contributed by atoms with Gasteiger partial charge in [0, 0.05) is 12.6 Å². The lowest BCUT2D eigenvalue weighted by atomic mass is 9.96. The molecule has 1 unspecified atom stereocenters. The fraction of sp³-hybridized carbons (Fsp3) is 0.857. The van der Waals surface area contributed by atoms with Crippen LogP contribution in [0.2, 0.25) is 0 Å². The molecule has 0 aromatic rings. The van der Waals surface area contributed by atoms with Gasteiger partial charge in [-0.15, -0.1) is 0 Å². The summed E-state index contributed by atoms with van der Waals surface area (Å²) in [6.07, 6.45) is 3.84. The molecular formula is C14H26N2O3. The van der Waals surface area contributed by atoms with E-state index in [1.807, 2.05) is 0 Å². The monoisotopic (exact) mass is 270 g/mol. The lowest BCUT2D eigenvalue weighted by Crippen LogP contribution is -2.51. The number of nitrogens with two attached hydrogens (primary N) is 1. The molecule has 1 fully saturated rings. The number of likely N-dealkylation sites (tertiary alicyclic amines) is 1. The van der Waals surface area contributed by atoms with E-state index in [-0.39, 0.29) is 24.3 Å². The van der Waals surface area contributed by atoms with Crippen molar-refractivity contribution in [2.24, 2.45) is 11.7 Å². The first-order chi connectivity index (χ1) is 8.95. The van der Waals surface area contributed by atoms with Gasteiger partial charge in [-0.3, -0.25) is 9.59 Å². The van der Waals surface area contributed by atoms with Crippen LogP contribution in [0.5, 0.6) is 0 Å². The highest BCUT2D eigenvalue weighted by Crippen LogP contribution is 2.21. The second-order valence-corrected chi connectivity index (χ2v) is 5.70. The van der Waals surface area contributed by atoms with Gasteiger partial charge in [-0.1, -0.05) is 13.8 Å². The van der Waals surface area contributed by atoms with Crippen LogP contribution in [0.1, 0.15) is 46.0 Å². The van der Waals surface area contributed by atoms with Crippen LogP contribution in [0.3, 0.4) is 0 Å². The first-order valence-electron chi connectivity index (χ1n) is 7.08. The number of hydrogen-bond acceptors (Lipinski definition) is 4. The smallest absolute Gasteiger partial charge is 0.307 e. The largest absolute Gasteiger partial charge is 0.469 e. The zero-order chi connectivity index (χ0) is 14.4. The maximum Gasteiger partial charge on any atom is 0.307 e. The predicted octanol–water partition coefficient (Wildman–Crippen LogP) is 1.30. The molecule has 0 spiro atoms. The number of ether oxygens (including phenoxy) is 1. The molecular weight excluding hydrogens is 244 g/mol. The molecule has 2 N–H and O–H groups in total. The van der Waals surface area contributed by atoms with Crippen molar-refractivity contribution in [3.05, 3.63) is 0 Å². The maximum absolute atomic E-state index is 12.4. The summed E-state index contributed by atoms with van der Waals surface area (Å²) in [7, 11) is 1.38. The van der Waals surface area contributed by atoms with E-state index >= 15 is 0 Å². The molecule has 0 bridgehead atoms. The summed E-state index contributed by atoms with van der Waals surface area (Å²) in [5.74, 6) is 0.104. The second kappa shape index (κ2) is 7.48. The SMILES string of the molecule is COC(=O)CC1CCCCN1C(=O)[C@@H](N)CC(C)C. The van der Waals surface area contributed by atoms with Gasteiger partial charge in [0.1, 0.15) is 0 Å². The Balaban J connectivity index is 2.65. The molecule has 1 rings (SSSR count). The summed E-state index contributed by atoms with van der Waals surface area (Å²) in [4.78, 5) is 25.6. The Kier molecular flexibility index (Phi) is 6.28. The molecule has 1 aliphatic heterocycles. The van der Waals surface area contributed by atoms with E-state index in [4.69, 9.17) is 10.5 Å². The van der Waals surface area contributed by atoms with E-state index in [9.17, 15) is 9.59 Å². The van der Waals surface area contributed by atoms with Crippen molar-refractivity contribution >= 4 is 11.9 Å². The quantitative estimate of drug-likeness (QED) is 0.764. The van der Waals surface area contributed by atoms with E-state index in [0.29, 0.717) is 18.9 Å². The average Bonchev–Trinajstić information content (AvgIpc) is 2.37. The van der Waals surface area contributed by atoms with Gasteiger partial charge in [0.15, 0.2) is 0 Å². The first-order valence-corrected chi connectivity index (χ1v) is 7.08. The van der Waals surface area contributed by atoms with Crippen molar-refractivity contribution in [2.75, 3.05) is 13.7 Å². The van der Waals surface area contributed by atoms with Crippen LogP contribution in [-0.2, 0) is 14.3 Å². The molecule has 1 aliphatic rings. The minimum Gasteiger partial charge on any atom is -0.469 e. The van der Waals surface area contributed by atoms with Crippen LogP contribution in [0.15, 0.2) is 0 Å². The highest BCUT2D eigenvalue weighted by molar-refractivity contribution is 5.82. The molecule has 5 nitrogen and oxygen atoms in total. The van der Waals surface area contributed by atoms with Gasteiger partial charge in [0.25, 0.3) is 0 Å². The number of esters is 1. The summed E-state index contributed by atoms with van der Waals surface area (Å²) in [6, 6.07) is -0.509. The Bertz CT molecular complexity index is 318. The lowest BCUT2D eigenvalue weighted by molar-refractivity contribution is -0.145. The van der Waals surface area contributed by atoms with Gasteiger partial charge in [0.05, 0.1) is 19.6 Å². The highest BCUT2D eigenvalue weighted by Gasteiger charge is 2.31. The Morgan fingerprint density at radius 1 is 1.37 bits per heavy atom. The van der Waals surface area contributed by atoms with E-state index in [0.717, 1.165) is 19.3 Å². The number of hydrogen-bond donors (Lipinski definition) is 1. The number of nitrogens with zero attached hydrogens (tertiary/aromatic N) is 1. The molecule has 19 heavy (non-hydrogen) atoms. The summed E-state index contributed by atoms with van der Waals surface area (Å²) in [6.45, 7) is 4.80. The fourth-order valence-electron chi connectivity index (χ4n) is 2.60. The minimum atomic E-state index is -0.460. The molecule has 1 heterocycles. The third-order valence-electron chi connectivity index (χ3n) is 3.58. The third kappa shape index (κ3) is 4.82. The second-order valence-electron chi connectivity index (χ2n) is 5.70. The van der Waals surface area contributed by atoms with Crippen LogP contribution in [0, 0.1) is 5.92 Å².